The molecule has 1 rings (SSSR count). The molecular weight excluding hydrogens is 308 g/mol. The van der Waals surface area contributed by atoms with E-state index in [1.807, 2.05) is 13.8 Å². The molecule has 5 nitrogen and oxygen atoms in total. The highest BCUT2D eigenvalue weighted by Crippen LogP contribution is 2.21. The Kier molecular flexibility index (Phi) is 7.83. The molecule has 0 spiro atoms. The maximum absolute atomic E-state index is 12.3. The third kappa shape index (κ3) is 6.88. The molecule has 0 saturated carbocycles. The van der Waals surface area contributed by atoms with Crippen LogP contribution in [-0.2, 0) is 21.3 Å². The molecule has 0 aromatic carbocycles. The van der Waals surface area contributed by atoms with E-state index in [9.17, 15) is 8.42 Å². The summed E-state index contributed by atoms with van der Waals surface area (Å²) in [7, 11) is -3.46. The van der Waals surface area contributed by atoms with Crippen molar-refractivity contribution in [2.75, 3.05) is 19.8 Å². The Balaban J connectivity index is 2.52. The molecule has 1 heterocycles. The minimum atomic E-state index is -3.46. The van der Waals surface area contributed by atoms with E-state index in [2.05, 4.69) is 23.9 Å². The summed E-state index contributed by atoms with van der Waals surface area (Å²) in [5.41, 5.74) is 0. The van der Waals surface area contributed by atoms with Gasteiger partial charge in [0.25, 0.3) is 0 Å². The lowest BCUT2D eigenvalue weighted by Crippen LogP contribution is -2.29. The van der Waals surface area contributed by atoms with E-state index >= 15 is 0 Å². The average molecular weight is 335 g/mol. The van der Waals surface area contributed by atoms with E-state index in [1.165, 1.54) is 11.3 Å². The second kappa shape index (κ2) is 8.85. The molecular formula is C14H26N2O3S2. The standard InChI is InChI=1S/C14H26N2O3S2/c1-11(2)10-19-7-6-16-21(17,18)14-5-8-20-13(14)9-15-12(3)4/h5,8,11-12,15-16H,6-7,9-10H2,1-4H3. The van der Waals surface area contributed by atoms with Gasteiger partial charge in [-0.3, -0.25) is 0 Å². The smallest absolute Gasteiger partial charge is 0.241 e. The molecule has 0 aliphatic rings. The number of ether oxygens (including phenoxy) is 1. The molecule has 122 valence electrons. The van der Waals surface area contributed by atoms with Crippen LogP contribution < -0.4 is 10.0 Å². The fourth-order valence-electron chi connectivity index (χ4n) is 1.64. The number of hydrogen-bond acceptors (Lipinski definition) is 5. The van der Waals surface area contributed by atoms with E-state index in [0.717, 1.165) is 4.88 Å². The summed E-state index contributed by atoms with van der Waals surface area (Å²) in [6, 6.07) is 1.97. The third-order valence-electron chi connectivity index (χ3n) is 2.65. The molecule has 0 bridgehead atoms. The van der Waals surface area contributed by atoms with Crippen molar-refractivity contribution in [2.45, 2.75) is 45.2 Å². The van der Waals surface area contributed by atoms with Gasteiger partial charge >= 0.3 is 0 Å². The summed E-state index contributed by atoms with van der Waals surface area (Å²) in [5, 5.41) is 5.05. The van der Waals surface area contributed by atoms with Crippen molar-refractivity contribution in [3.8, 4) is 0 Å². The lowest BCUT2D eigenvalue weighted by molar-refractivity contribution is 0.114. The van der Waals surface area contributed by atoms with Crippen LogP contribution in [0.25, 0.3) is 0 Å². The summed E-state index contributed by atoms with van der Waals surface area (Å²) in [6.07, 6.45) is 0. The largest absolute Gasteiger partial charge is 0.380 e. The number of rotatable bonds is 10. The van der Waals surface area contributed by atoms with Crippen molar-refractivity contribution >= 4 is 21.4 Å². The minimum absolute atomic E-state index is 0.294. The number of thiophene rings is 1. The van der Waals surface area contributed by atoms with Gasteiger partial charge in [-0.15, -0.1) is 11.3 Å². The molecule has 7 heteroatoms. The van der Waals surface area contributed by atoms with Gasteiger partial charge in [-0.1, -0.05) is 27.7 Å². The van der Waals surface area contributed by atoms with Gasteiger partial charge < -0.3 is 10.1 Å². The van der Waals surface area contributed by atoms with Gasteiger partial charge in [0.15, 0.2) is 0 Å². The third-order valence-corrected chi connectivity index (χ3v) is 5.25. The molecule has 0 radical (unpaired) electrons. The van der Waals surface area contributed by atoms with Crippen LogP contribution in [0.3, 0.4) is 0 Å². The molecule has 21 heavy (non-hydrogen) atoms. The van der Waals surface area contributed by atoms with E-state index < -0.39 is 10.0 Å². The summed E-state index contributed by atoms with van der Waals surface area (Å²) in [4.78, 5) is 1.20. The van der Waals surface area contributed by atoms with Crippen LogP contribution in [0.4, 0.5) is 0 Å². The second-order valence-electron chi connectivity index (χ2n) is 5.61. The Morgan fingerprint density at radius 2 is 2.00 bits per heavy atom. The molecule has 0 aliphatic heterocycles. The molecule has 1 aromatic rings. The molecule has 0 aliphatic carbocycles. The first-order valence-electron chi connectivity index (χ1n) is 7.20. The van der Waals surface area contributed by atoms with Gasteiger partial charge in [-0.25, -0.2) is 13.1 Å². The van der Waals surface area contributed by atoms with Crippen LogP contribution in [-0.4, -0.2) is 34.2 Å². The molecule has 1 aromatic heterocycles. The zero-order valence-electron chi connectivity index (χ0n) is 13.2. The highest BCUT2D eigenvalue weighted by molar-refractivity contribution is 7.89. The highest BCUT2D eigenvalue weighted by atomic mass is 32.2. The predicted molar refractivity (Wildman–Crippen MR) is 87.1 cm³/mol. The highest BCUT2D eigenvalue weighted by Gasteiger charge is 2.19. The SMILES string of the molecule is CC(C)COCCNS(=O)(=O)c1ccsc1CNC(C)C. The maximum Gasteiger partial charge on any atom is 0.241 e. The lowest BCUT2D eigenvalue weighted by Gasteiger charge is -2.11. The van der Waals surface area contributed by atoms with E-state index in [1.54, 1.807) is 11.4 Å². The molecule has 0 amide bonds. The van der Waals surface area contributed by atoms with Crippen LogP contribution in [0.1, 0.15) is 32.6 Å². The Morgan fingerprint density at radius 1 is 1.29 bits per heavy atom. The molecule has 0 atom stereocenters. The van der Waals surface area contributed by atoms with Gasteiger partial charge in [-0.05, 0) is 17.4 Å². The summed E-state index contributed by atoms with van der Waals surface area (Å²) < 4.78 is 32.5. The van der Waals surface area contributed by atoms with Crippen molar-refractivity contribution < 1.29 is 13.2 Å². The van der Waals surface area contributed by atoms with Crippen molar-refractivity contribution in [1.82, 2.24) is 10.0 Å². The van der Waals surface area contributed by atoms with Crippen LogP contribution in [0, 0.1) is 5.92 Å². The number of hydrogen-bond donors (Lipinski definition) is 2. The number of nitrogens with one attached hydrogen (secondary N) is 2. The van der Waals surface area contributed by atoms with Gasteiger partial charge in [0, 0.05) is 30.6 Å². The minimum Gasteiger partial charge on any atom is -0.380 e. The zero-order valence-corrected chi connectivity index (χ0v) is 14.8. The van der Waals surface area contributed by atoms with Crippen molar-refractivity contribution in [3.63, 3.8) is 0 Å². The van der Waals surface area contributed by atoms with Crippen molar-refractivity contribution in [3.05, 3.63) is 16.3 Å². The topological polar surface area (TPSA) is 67.4 Å². The quantitative estimate of drug-likeness (QED) is 0.644. The first-order valence-corrected chi connectivity index (χ1v) is 9.56. The first-order chi connectivity index (χ1) is 9.83. The van der Waals surface area contributed by atoms with Gasteiger partial charge in [0.2, 0.25) is 10.0 Å². The Hall–Kier alpha value is -0.470. The van der Waals surface area contributed by atoms with Crippen LogP contribution in [0.15, 0.2) is 16.3 Å². The summed E-state index contributed by atoms with van der Waals surface area (Å²) in [6.45, 7) is 10.1. The molecule has 0 unspecified atom stereocenters. The molecule has 2 N–H and O–H groups in total. The van der Waals surface area contributed by atoms with Gasteiger partial charge in [-0.2, -0.15) is 0 Å². The molecule has 0 fully saturated rings. The Morgan fingerprint density at radius 3 is 2.62 bits per heavy atom. The monoisotopic (exact) mass is 334 g/mol. The Labute approximate surface area is 132 Å². The normalized spacial score (nSPS) is 12.5. The summed E-state index contributed by atoms with van der Waals surface area (Å²) in [5.74, 6) is 0.451. The van der Waals surface area contributed by atoms with Crippen LogP contribution in [0.5, 0.6) is 0 Å². The zero-order chi connectivity index (χ0) is 15.9. The summed E-state index contributed by atoms with van der Waals surface area (Å²) >= 11 is 1.45. The lowest BCUT2D eigenvalue weighted by atomic mass is 10.2. The Bertz CT molecular complexity index is 510. The van der Waals surface area contributed by atoms with Gasteiger partial charge in [0.1, 0.15) is 0 Å². The van der Waals surface area contributed by atoms with E-state index in [4.69, 9.17) is 4.74 Å². The first kappa shape index (κ1) is 18.6. The number of sulfonamides is 1. The van der Waals surface area contributed by atoms with E-state index in [0.29, 0.717) is 43.2 Å². The fourth-order valence-corrected chi connectivity index (χ4v) is 4.04. The maximum atomic E-state index is 12.3. The fraction of sp³-hybridized carbons (Fsp3) is 0.714. The van der Waals surface area contributed by atoms with Crippen LogP contribution in [0.2, 0.25) is 0 Å². The second-order valence-corrected chi connectivity index (χ2v) is 8.35. The van der Waals surface area contributed by atoms with Crippen molar-refractivity contribution in [1.29, 1.82) is 0 Å². The average Bonchev–Trinajstić information content (AvgIpc) is 2.84. The van der Waals surface area contributed by atoms with Gasteiger partial charge in [0.05, 0.1) is 11.5 Å². The van der Waals surface area contributed by atoms with Crippen molar-refractivity contribution in [2.24, 2.45) is 5.92 Å². The van der Waals surface area contributed by atoms with E-state index in [-0.39, 0.29) is 0 Å². The van der Waals surface area contributed by atoms with Crippen LogP contribution >= 0.6 is 11.3 Å². The molecule has 0 saturated heterocycles. The predicted octanol–water partition coefficient (Wildman–Crippen LogP) is 2.20.